The molecule has 0 saturated heterocycles. The maximum atomic E-state index is 13.6. The van der Waals surface area contributed by atoms with Crippen molar-refractivity contribution in [3.05, 3.63) is 54.2 Å². The van der Waals surface area contributed by atoms with Gasteiger partial charge in [0.25, 0.3) is 0 Å². The van der Waals surface area contributed by atoms with Crippen LogP contribution in [0.2, 0.25) is 0 Å². The van der Waals surface area contributed by atoms with Crippen LogP contribution >= 0.6 is 0 Å². The molecular formula is C20H20FN3O4. The first-order valence-corrected chi connectivity index (χ1v) is 8.79. The zero-order valence-corrected chi connectivity index (χ0v) is 15.6. The minimum Gasteiger partial charge on any atom is -0.493 e. The van der Waals surface area contributed by atoms with Crippen LogP contribution in [0, 0.1) is 5.82 Å². The van der Waals surface area contributed by atoms with Crippen molar-refractivity contribution in [1.82, 2.24) is 10.1 Å². The molecule has 146 valence electrons. The van der Waals surface area contributed by atoms with Gasteiger partial charge in [-0.1, -0.05) is 17.3 Å². The number of anilines is 1. The number of rotatable bonds is 8. The highest BCUT2D eigenvalue weighted by atomic mass is 19.1. The van der Waals surface area contributed by atoms with E-state index >= 15 is 0 Å². The highest BCUT2D eigenvalue weighted by molar-refractivity contribution is 5.90. The van der Waals surface area contributed by atoms with Crippen molar-refractivity contribution >= 4 is 11.6 Å². The summed E-state index contributed by atoms with van der Waals surface area (Å²) in [5.74, 6) is 1.06. The second-order valence-corrected chi connectivity index (χ2v) is 5.84. The molecule has 0 atom stereocenters. The Balaban J connectivity index is 1.63. The van der Waals surface area contributed by atoms with Crippen LogP contribution in [0.4, 0.5) is 10.1 Å². The fourth-order valence-electron chi connectivity index (χ4n) is 2.55. The molecule has 3 rings (SSSR count). The maximum absolute atomic E-state index is 13.6. The maximum Gasteiger partial charge on any atom is 0.227 e. The van der Waals surface area contributed by atoms with Crippen molar-refractivity contribution in [3.63, 3.8) is 0 Å². The fourth-order valence-corrected chi connectivity index (χ4v) is 2.55. The van der Waals surface area contributed by atoms with E-state index in [0.29, 0.717) is 35.4 Å². The average molecular weight is 385 g/mol. The number of hydrogen-bond acceptors (Lipinski definition) is 6. The second kappa shape index (κ2) is 8.98. The summed E-state index contributed by atoms with van der Waals surface area (Å²) in [4.78, 5) is 16.3. The Labute approximate surface area is 161 Å². The standard InChI is InChI=1S/C20H20FN3O4/c1-3-27-16-9-8-13(12-17(16)26-2)20-23-19(28-24-20)11-10-18(25)22-15-7-5-4-6-14(15)21/h4-9,12H,3,10-11H2,1-2H3,(H,22,25). The normalized spacial score (nSPS) is 10.5. The highest BCUT2D eigenvalue weighted by Crippen LogP contribution is 2.31. The van der Waals surface area contributed by atoms with Crippen molar-refractivity contribution in [3.8, 4) is 22.9 Å². The molecule has 2 aromatic carbocycles. The molecule has 0 bridgehead atoms. The number of halogens is 1. The predicted octanol–water partition coefficient (Wildman–Crippen LogP) is 3.85. The summed E-state index contributed by atoms with van der Waals surface area (Å²) in [5.41, 5.74) is 0.839. The summed E-state index contributed by atoms with van der Waals surface area (Å²) >= 11 is 0. The van der Waals surface area contributed by atoms with Crippen molar-refractivity contribution in [2.75, 3.05) is 19.0 Å². The van der Waals surface area contributed by atoms with E-state index in [4.69, 9.17) is 14.0 Å². The molecule has 3 aromatic rings. The predicted molar refractivity (Wildman–Crippen MR) is 101 cm³/mol. The van der Waals surface area contributed by atoms with E-state index in [1.165, 1.54) is 12.1 Å². The third-order valence-electron chi connectivity index (χ3n) is 3.90. The number of carbonyl (C=O) groups is 1. The Hall–Kier alpha value is -3.42. The van der Waals surface area contributed by atoms with E-state index in [1.54, 1.807) is 37.4 Å². The molecule has 1 N–H and O–H groups in total. The van der Waals surface area contributed by atoms with Gasteiger partial charge in [0.2, 0.25) is 17.6 Å². The SMILES string of the molecule is CCOc1ccc(-c2noc(CCC(=O)Nc3ccccc3F)n2)cc1OC. The Morgan fingerprint density at radius 1 is 1.21 bits per heavy atom. The second-order valence-electron chi connectivity index (χ2n) is 5.84. The quantitative estimate of drug-likeness (QED) is 0.634. The van der Waals surface area contributed by atoms with Crippen LogP contribution in [0.5, 0.6) is 11.5 Å². The van der Waals surface area contributed by atoms with E-state index in [2.05, 4.69) is 15.5 Å². The van der Waals surface area contributed by atoms with Crippen molar-refractivity contribution in [2.45, 2.75) is 19.8 Å². The van der Waals surface area contributed by atoms with Crippen molar-refractivity contribution in [1.29, 1.82) is 0 Å². The van der Waals surface area contributed by atoms with Crippen LogP contribution in [0.1, 0.15) is 19.2 Å². The third kappa shape index (κ3) is 4.64. The lowest BCUT2D eigenvalue weighted by Gasteiger charge is -2.09. The number of aromatic nitrogens is 2. The number of benzene rings is 2. The summed E-state index contributed by atoms with van der Waals surface area (Å²) in [6.45, 7) is 2.41. The molecule has 0 aliphatic rings. The monoisotopic (exact) mass is 385 g/mol. The Morgan fingerprint density at radius 3 is 2.79 bits per heavy atom. The molecule has 0 fully saturated rings. The molecule has 0 saturated carbocycles. The van der Waals surface area contributed by atoms with Gasteiger partial charge in [-0.25, -0.2) is 4.39 Å². The van der Waals surface area contributed by atoms with Crippen LogP contribution in [-0.2, 0) is 11.2 Å². The van der Waals surface area contributed by atoms with Gasteiger partial charge in [0.05, 0.1) is 19.4 Å². The van der Waals surface area contributed by atoms with E-state index in [1.807, 2.05) is 6.92 Å². The molecule has 0 spiro atoms. The number of nitrogens with zero attached hydrogens (tertiary/aromatic N) is 2. The van der Waals surface area contributed by atoms with Gasteiger partial charge in [-0.05, 0) is 37.3 Å². The zero-order chi connectivity index (χ0) is 19.9. The molecule has 1 heterocycles. The van der Waals surface area contributed by atoms with Crippen molar-refractivity contribution in [2.24, 2.45) is 0 Å². The number of amides is 1. The van der Waals surface area contributed by atoms with Gasteiger partial charge in [-0.15, -0.1) is 0 Å². The first kappa shape index (κ1) is 19.3. The van der Waals surface area contributed by atoms with Crippen LogP contribution in [0.25, 0.3) is 11.4 Å². The summed E-state index contributed by atoms with van der Waals surface area (Å²) in [6.07, 6.45) is 0.323. The van der Waals surface area contributed by atoms with Gasteiger partial charge in [-0.3, -0.25) is 4.79 Å². The molecule has 7 nitrogen and oxygen atoms in total. The minimum atomic E-state index is -0.486. The van der Waals surface area contributed by atoms with Crippen LogP contribution < -0.4 is 14.8 Å². The molecule has 0 radical (unpaired) electrons. The first-order valence-electron chi connectivity index (χ1n) is 8.79. The van der Waals surface area contributed by atoms with Gasteiger partial charge < -0.3 is 19.3 Å². The van der Waals surface area contributed by atoms with E-state index in [9.17, 15) is 9.18 Å². The average Bonchev–Trinajstić information content (AvgIpc) is 3.18. The van der Waals surface area contributed by atoms with Crippen LogP contribution in [-0.4, -0.2) is 29.8 Å². The molecule has 0 aliphatic heterocycles. The lowest BCUT2D eigenvalue weighted by atomic mass is 10.2. The Bertz CT molecular complexity index is 958. The van der Waals surface area contributed by atoms with Crippen LogP contribution in [0.3, 0.4) is 0 Å². The smallest absolute Gasteiger partial charge is 0.227 e. The molecule has 0 unspecified atom stereocenters. The van der Waals surface area contributed by atoms with Gasteiger partial charge >= 0.3 is 0 Å². The number of carbonyl (C=O) groups excluding carboxylic acids is 1. The Morgan fingerprint density at radius 2 is 2.04 bits per heavy atom. The molecule has 8 heteroatoms. The number of para-hydroxylation sites is 1. The number of aryl methyl sites for hydroxylation is 1. The molecule has 0 aliphatic carbocycles. The summed E-state index contributed by atoms with van der Waals surface area (Å²) in [7, 11) is 1.55. The molecule has 28 heavy (non-hydrogen) atoms. The van der Waals surface area contributed by atoms with E-state index < -0.39 is 5.82 Å². The summed E-state index contributed by atoms with van der Waals surface area (Å²) in [6, 6.07) is 11.3. The zero-order valence-electron chi connectivity index (χ0n) is 15.6. The first-order chi connectivity index (χ1) is 13.6. The largest absolute Gasteiger partial charge is 0.493 e. The van der Waals surface area contributed by atoms with Crippen LogP contribution in [0.15, 0.2) is 47.0 Å². The minimum absolute atomic E-state index is 0.0859. The van der Waals surface area contributed by atoms with Gasteiger partial charge in [0.15, 0.2) is 11.5 Å². The van der Waals surface area contributed by atoms with Gasteiger partial charge in [0.1, 0.15) is 5.82 Å². The number of methoxy groups -OCH3 is 1. The lowest BCUT2D eigenvalue weighted by molar-refractivity contribution is -0.116. The number of nitrogens with one attached hydrogen (secondary N) is 1. The summed E-state index contributed by atoms with van der Waals surface area (Å²) < 4.78 is 29.6. The molecular weight excluding hydrogens is 365 g/mol. The van der Waals surface area contributed by atoms with Gasteiger partial charge in [0, 0.05) is 18.4 Å². The highest BCUT2D eigenvalue weighted by Gasteiger charge is 2.14. The summed E-state index contributed by atoms with van der Waals surface area (Å²) in [5, 5.41) is 6.46. The fraction of sp³-hybridized carbons (Fsp3) is 0.250. The molecule has 1 amide bonds. The Kier molecular flexibility index (Phi) is 6.21. The number of hydrogen-bond donors (Lipinski definition) is 1. The third-order valence-corrected chi connectivity index (χ3v) is 3.90. The van der Waals surface area contributed by atoms with Crippen molar-refractivity contribution < 1.29 is 23.2 Å². The number of ether oxygens (including phenoxy) is 2. The lowest BCUT2D eigenvalue weighted by Crippen LogP contribution is -2.13. The van der Waals surface area contributed by atoms with Gasteiger partial charge in [-0.2, -0.15) is 4.98 Å². The topological polar surface area (TPSA) is 86.5 Å². The molecule has 1 aromatic heterocycles. The van der Waals surface area contributed by atoms with E-state index in [-0.39, 0.29) is 24.4 Å². The van der Waals surface area contributed by atoms with E-state index in [0.717, 1.165) is 0 Å².